The number of fused-ring (bicyclic) bond motifs is 2. The number of pyridine rings is 1. The number of nitrogens with one attached hydrogen (secondary N) is 1. The lowest BCUT2D eigenvalue weighted by molar-refractivity contribution is -0.121. The highest BCUT2D eigenvalue weighted by molar-refractivity contribution is 7.19. The van der Waals surface area contributed by atoms with Crippen molar-refractivity contribution in [3.63, 3.8) is 0 Å². The van der Waals surface area contributed by atoms with E-state index in [2.05, 4.69) is 33.4 Å². The van der Waals surface area contributed by atoms with Gasteiger partial charge in [0.2, 0.25) is 5.91 Å². The minimum absolute atomic E-state index is 0.0854. The Morgan fingerprint density at radius 2 is 2.03 bits per heavy atom. The van der Waals surface area contributed by atoms with Crippen LogP contribution < -0.4 is 10.1 Å². The fourth-order valence-corrected chi connectivity index (χ4v) is 5.79. The van der Waals surface area contributed by atoms with Crippen molar-refractivity contribution in [1.82, 2.24) is 15.2 Å². The van der Waals surface area contributed by atoms with E-state index in [0.29, 0.717) is 13.0 Å². The summed E-state index contributed by atoms with van der Waals surface area (Å²) in [6, 6.07) is 18.1. The third-order valence-electron chi connectivity index (χ3n) is 6.54. The van der Waals surface area contributed by atoms with E-state index in [0.717, 1.165) is 53.0 Å². The predicted molar refractivity (Wildman–Crippen MR) is 136 cm³/mol. The first kappa shape index (κ1) is 22.8. The maximum absolute atomic E-state index is 12.6. The molecule has 0 aliphatic carbocycles. The molecular weight excluding hydrogens is 446 g/mol. The van der Waals surface area contributed by atoms with Gasteiger partial charge in [0.25, 0.3) is 0 Å². The van der Waals surface area contributed by atoms with Crippen LogP contribution in [0.3, 0.4) is 0 Å². The topological polar surface area (TPSA) is 74.7 Å². The predicted octanol–water partition coefficient (Wildman–Crippen LogP) is 4.31. The summed E-state index contributed by atoms with van der Waals surface area (Å²) in [5.74, 6) is 0.836. The molecule has 0 saturated carbocycles. The largest absolute Gasteiger partial charge is 0.497 e. The molecule has 1 atom stereocenters. The van der Waals surface area contributed by atoms with Crippen molar-refractivity contribution >= 4 is 38.2 Å². The van der Waals surface area contributed by atoms with Crippen LogP contribution in [0.5, 0.6) is 5.75 Å². The van der Waals surface area contributed by atoms with E-state index in [1.807, 2.05) is 36.4 Å². The molecule has 5 rings (SSSR count). The summed E-state index contributed by atoms with van der Waals surface area (Å²) in [6.07, 6.45) is 3.32. The summed E-state index contributed by atoms with van der Waals surface area (Å²) < 4.78 is 6.57. The molecule has 3 heterocycles. The number of aliphatic hydroxyl groups excluding tert-OH is 1. The number of rotatable bonds is 7. The number of thiophene rings is 1. The molecule has 1 aliphatic heterocycles. The fraction of sp³-hybridized carbons (Fsp3) is 0.333. The zero-order valence-corrected chi connectivity index (χ0v) is 20.1. The molecule has 0 bridgehead atoms. The van der Waals surface area contributed by atoms with E-state index in [4.69, 9.17) is 4.74 Å². The number of methoxy groups -OCH3 is 1. The van der Waals surface area contributed by atoms with E-state index < -0.39 is 6.10 Å². The summed E-state index contributed by atoms with van der Waals surface area (Å²) in [4.78, 5) is 20.4. The summed E-state index contributed by atoms with van der Waals surface area (Å²) in [5, 5.41) is 16.3. The molecule has 0 spiro atoms. The van der Waals surface area contributed by atoms with Crippen molar-refractivity contribution in [3.05, 3.63) is 71.2 Å². The van der Waals surface area contributed by atoms with E-state index in [1.165, 1.54) is 10.1 Å². The first-order valence-corrected chi connectivity index (χ1v) is 12.5. The van der Waals surface area contributed by atoms with Crippen molar-refractivity contribution in [3.8, 4) is 5.75 Å². The van der Waals surface area contributed by atoms with Crippen LogP contribution in [0.25, 0.3) is 21.0 Å². The molecule has 34 heavy (non-hydrogen) atoms. The fourth-order valence-electron chi connectivity index (χ4n) is 4.73. The molecule has 4 aromatic rings. The summed E-state index contributed by atoms with van der Waals surface area (Å²) in [7, 11) is 1.64. The standard InChI is InChI=1S/C27H29N3O3S/c1-33-20-6-7-24-23(15-20)22(8-11-28-24)25(31)17-30-12-9-19(10-13-30)29-27(32)16-21-14-18-4-2-3-5-26(18)34-21/h2-8,11,14-15,19,25,31H,9-10,12-13,16-17H2,1H3,(H,29,32)/t25-/m0/s1. The Hall–Kier alpha value is -3.00. The first-order valence-electron chi connectivity index (χ1n) is 11.7. The quantitative estimate of drug-likeness (QED) is 0.417. The molecule has 1 fully saturated rings. The second-order valence-corrected chi connectivity index (χ2v) is 10.0. The molecule has 2 N–H and O–H groups in total. The number of carbonyl (C=O) groups excluding carboxylic acids is 1. The van der Waals surface area contributed by atoms with Gasteiger partial charge in [0, 0.05) is 46.8 Å². The van der Waals surface area contributed by atoms with Gasteiger partial charge in [-0.25, -0.2) is 0 Å². The van der Waals surface area contributed by atoms with Crippen LogP contribution in [-0.2, 0) is 11.2 Å². The molecule has 1 saturated heterocycles. The number of benzene rings is 2. The second-order valence-electron chi connectivity index (χ2n) is 8.87. The Morgan fingerprint density at radius 1 is 1.21 bits per heavy atom. The molecule has 1 amide bonds. The third kappa shape index (κ3) is 5.06. The number of ether oxygens (including phenoxy) is 1. The highest BCUT2D eigenvalue weighted by atomic mass is 32.1. The molecule has 2 aromatic carbocycles. The Bertz CT molecular complexity index is 1260. The Balaban J connectivity index is 1.14. The van der Waals surface area contributed by atoms with Crippen LogP contribution in [-0.4, -0.2) is 53.7 Å². The van der Waals surface area contributed by atoms with Gasteiger partial charge in [-0.05, 0) is 60.2 Å². The number of likely N-dealkylation sites (tertiary alicyclic amines) is 1. The van der Waals surface area contributed by atoms with Crippen LogP contribution >= 0.6 is 11.3 Å². The van der Waals surface area contributed by atoms with Gasteiger partial charge in [0.15, 0.2) is 0 Å². The zero-order chi connectivity index (χ0) is 23.5. The van der Waals surface area contributed by atoms with Gasteiger partial charge in [-0.2, -0.15) is 0 Å². The van der Waals surface area contributed by atoms with Crippen LogP contribution in [0.2, 0.25) is 0 Å². The lowest BCUT2D eigenvalue weighted by Gasteiger charge is -2.33. The minimum atomic E-state index is -0.614. The highest BCUT2D eigenvalue weighted by Crippen LogP contribution is 2.28. The highest BCUT2D eigenvalue weighted by Gasteiger charge is 2.24. The van der Waals surface area contributed by atoms with E-state index >= 15 is 0 Å². The number of β-amino-alcohol motifs (C(OH)–C–C–N with tert-alkyl or cyclic N) is 1. The molecule has 6 nitrogen and oxygen atoms in total. The van der Waals surface area contributed by atoms with E-state index in [9.17, 15) is 9.90 Å². The normalized spacial score (nSPS) is 16.1. The van der Waals surface area contributed by atoms with Gasteiger partial charge < -0.3 is 20.1 Å². The number of carbonyl (C=O) groups is 1. The first-order chi connectivity index (χ1) is 16.6. The molecular formula is C27H29N3O3S. The smallest absolute Gasteiger partial charge is 0.225 e. The lowest BCUT2D eigenvalue weighted by Crippen LogP contribution is -2.45. The number of hydrogen-bond donors (Lipinski definition) is 2. The number of aliphatic hydroxyl groups is 1. The molecule has 0 unspecified atom stereocenters. The maximum Gasteiger partial charge on any atom is 0.225 e. The maximum atomic E-state index is 12.6. The average molecular weight is 476 g/mol. The SMILES string of the molecule is COc1ccc2nccc([C@@H](O)CN3CCC(NC(=O)Cc4cc5ccccc5s4)CC3)c2c1. The van der Waals surface area contributed by atoms with Crippen LogP contribution in [0.4, 0.5) is 0 Å². The van der Waals surface area contributed by atoms with Crippen molar-refractivity contribution in [2.24, 2.45) is 0 Å². The third-order valence-corrected chi connectivity index (χ3v) is 7.65. The van der Waals surface area contributed by atoms with Gasteiger partial charge in [0.05, 0.1) is 25.2 Å². The second kappa shape index (κ2) is 10.1. The van der Waals surface area contributed by atoms with Gasteiger partial charge >= 0.3 is 0 Å². The average Bonchev–Trinajstić information content (AvgIpc) is 3.26. The number of hydrogen-bond acceptors (Lipinski definition) is 6. The molecule has 1 aliphatic rings. The van der Waals surface area contributed by atoms with Crippen LogP contribution in [0.1, 0.15) is 29.4 Å². The minimum Gasteiger partial charge on any atom is -0.497 e. The van der Waals surface area contributed by atoms with E-state index in [-0.39, 0.29) is 11.9 Å². The van der Waals surface area contributed by atoms with Gasteiger partial charge in [-0.15, -0.1) is 11.3 Å². The Labute approximate surface area is 203 Å². The van der Waals surface area contributed by atoms with Crippen LogP contribution in [0.15, 0.2) is 60.8 Å². The molecule has 0 radical (unpaired) electrons. The summed E-state index contributed by atoms with van der Waals surface area (Å²) in [5.41, 5.74) is 1.71. The summed E-state index contributed by atoms with van der Waals surface area (Å²) in [6.45, 7) is 2.24. The van der Waals surface area contributed by atoms with Gasteiger partial charge in [-0.3, -0.25) is 9.78 Å². The summed E-state index contributed by atoms with van der Waals surface area (Å²) >= 11 is 1.69. The number of aromatic nitrogens is 1. The van der Waals surface area contributed by atoms with Gasteiger partial charge in [-0.1, -0.05) is 18.2 Å². The number of amides is 1. The van der Waals surface area contributed by atoms with E-state index in [1.54, 1.807) is 24.6 Å². The van der Waals surface area contributed by atoms with Crippen molar-refractivity contribution in [2.45, 2.75) is 31.4 Å². The van der Waals surface area contributed by atoms with Crippen molar-refractivity contribution in [1.29, 1.82) is 0 Å². The molecule has 7 heteroatoms. The Morgan fingerprint density at radius 3 is 2.82 bits per heavy atom. The zero-order valence-electron chi connectivity index (χ0n) is 19.2. The monoisotopic (exact) mass is 475 g/mol. The van der Waals surface area contributed by atoms with Gasteiger partial charge in [0.1, 0.15) is 5.75 Å². The Kier molecular flexibility index (Phi) is 6.76. The van der Waals surface area contributed by atoms with Crippen molar-refractivity contribution in [2.75, 3.05) is 26.7 Å². The van der Waals surface area contributed by atoms with Crippen LogP contribution in [0, 0.1) is 0 Å². The van der Waals surface area contributed by atoms with Crippen molar-refractivity contribution < 1.29 is 14.6 Å². The number of nitrogens with zero attached hydrogens (tertiary/aromatic N) is 2. The lowest BCUT2D eigenvalue weighted by atomic mass is 10.0. The molecule has 176 valence electrons. The number of piperidine rings is 1. The molecule has 2 aromatic heterocycles.